The molecular formula is C22H22FN3O6S. The van der Waals surface area contributed by atoms with Gasteiger partial charge in [-0.05, 0) is 36.2 Å². The van der Waals surface area contributed by atoms with E-state index in [2.05, 4.69) is 9.44 Å². The van der Waals surface area contributed by atoms with Crippen molar-refractivity contribution in [2.24, 2.45) is 0 Å². The molecule has 0 aliphatic rings. The van der Waals surface area contributed by atoms with Crippen molar-refractivity contribution < 1.29 is 27.1 Å². The van der Waals surface area contributed by atoms with Crippen molar-refractivity contribution in [3.8, 4) is 11.8 Å². The molecule has 0 amide bonds. The van der Waals surface area contributed by atoms with E-state index in [0.29, 0.717) is 22.3 Å². The molecule has 2 aromatic carbocycles. The number of benzene rings is 2. The van der Waals surface area contributed by atoms with Crippen molar-refractivity contribution in [2.45, 2.75) is 19.8 Å². The van der Waals surface area contributed by atoms with E-state index in [1.54, 1.807) is 31.2 Å². The van der Waals surface area contributed by atoms with E-state index in [9.17, 15) is 13.2 Å². The number of hydrogen-bond acceptors (Lipinski definition) is 7. The molecule has 0 aliphatic carbocycles. The van der Waals surface area contributed by atoms with Crippen LogP contribution in [-0.2, 0) is 16.6 Å². The second kappa shape index (κ2) is 10.4. The number of anilines is 1. The topological polar surface area (TPSA) is 142 Å². The van der Waals surface area contributed by atoms with Crippen LogP contribution < -0.4 is 19.8 Å². The Morgan fingerprint density at radius 3 is 2.79 bits per heavy atom. The summed E-state index contributed by atoms with van der Waals surface area (Å²) < 4.78 is 54.1. The van der Waals surface area contributed by atoms with Gasteiger partial charge in [-0.25, -0.2) is 9.18 Å². The third kappa shape index (κ3) is 5.87. The quantitative estimate of drug-likeness (QED) is 0.302. The number of halogens is 1. The van der Waals surface area contributed by atoms with Crippen LogP contribution in [0.4, 0.5) is 10.1 Å². The summed E-state index contributed by atoms with van der Waals surface area (Å²) in [4.78, 5) is 12.6. The Bertz CT molecular complexity index is 1370. The van der Waals surface area contributed by atoms with Crippen molar-refractivity contribution in [1.29, 1.82) is 5.26 Å². The van der Waals surface area contributed by atoms with E-state index >= 15 is 4.39 Å². The minimum Gasteiger partial charge on any atom is -0.491 e. The monoisotopic (exact) mass is 475 g/mol. The SMILES string of the molecule is Cc1c(Cc2cccc(NS(=O)(=O)NCCC#N)c2F)c(=O)oc2cc(OCCO)ccc12. The van der Waals surface area contributed by atoms with E-state index in [0.717, 1.165) is 0 Å². The minimum atomic E-state index is -4.07. The number of fused-ring (bicyclic) bond motifs is 1. The van der Waals surface area contributed by atoms with Gasteiger partial charge < -0.3 is 14.3 Å². The fraction of sp³-hybridized carbons (Fsp3) is 0.273. The van der Waals surface area contributed by atoms with Crippen LogP contribution in [0.5, 0.6) is 5.75 Å². The lowest BCUT2D eigenvalue weighted by atomic mass is 9.99. The highest BCUT2D eigenvalue weighted by atomic mass is 32.2. The lowest BCUT2D eigenvalue weighted by Crippen LogP contribution is -2.31. The van der Waals surface area contributed by atoms with Crippen molar-refractivity contribution in [3.05, 3.63) is 69.3 Å². The van der Waals surface area contributed by atoms with Gasteiger partial charge >= 0.3 is 5.63 Å². The van der Waals surface area contributed by atoms with E-state index in [-0.39, 0.29) is 49.4 Å². The molecule has 0 bridgehead atoms. The molecule has 0 aliphatic heterocycles. The zero-order valence-corrected chi connectivity index (χ0v) is 18.5. The normalized spacial score (nSPS) is 11.3. The summed E-state index contributed by atoms with van der Waals surface area (Å²) in [5.41, 5.74) is 0.288. The summed E-state index contributed by atoms with van der Waals surface area (Å²) in [5, 5.41) is 18.0. The van der Waals surface area contributed by atoms with Gasteiger partial charge in [-0.2, -0.15) is 18.4 Å². The molecule has 0 spiro atoms. The first-order valence-corrected chi connectivity index (χ1v) is 11.5. The first kappa shape index (κ1) is 24.2. The van der Waals surface area contributed by atoms with Gasteiger partial charge in [0.2, 0.25) is 0 Å². The summed E-state index contributed by atoms with van der Waals surface area (Å²) in [6.45, 7) is 1.54. The Kier molecular flexibility index (Phi) is 7.65. The Balaban J connectivity index is 1.90. The number of hydrogen-bond donors (Lipinski definition) is 3. The third-order valence-electron chi connectivity index (χ3n) is 4.84. The summed E-state index contributed by atoms with van der Waals surface area (Å²) >= 11 is 0. The highest BCUT2D eigenvalue weighted by molar-refractivity contribution is 7.90. The maximum atomic E-state index is 15.0. The van der Waals surface area contributed by atoms with Gasteiger partial charge in [-0.1, -0.05) is 12.1 Å². The van der Waals surface area contributed by atoms with Gasteiger partial charge in [-0.15, -0.1) is 0 Å². The zero-order chi connectivity index (χ0) is 24.0. The lowest BCUT2D eigenvalue weighted by molar-refractivity contribution is 0.201. The average molecular weight is 475 g/mol. The van der Waals surface area contributed by atoms with Gasteiger partial charge in [0.25, 0.3) is 10.2 Å². The van der Waals surface area contributed by atoms with E-state index in [1.807, 2.05) is 0 Å². The molecule has 0 radical (unpaired) electrons. The van der Waals surface area contributed by atoms with Crippen LogP contribution in [0.1, 0.15) is 23.1 Å². The van der Waals surface area contributed by atoms with Gasteiger partial charge in [0.15, 0.2) is 5.82 Å². The zero-order valence-electron chi connectivity index (χ0n) is 17.7. The van der Waals surface area contributed by atoms with Crippen LogP contribution in [0.15, 0.2) is 45.6 Å². The predicted molar refractivity (Wildman–Crippen MR) is 120 cm³/mol. The molecule has 1 aromatic heterocycles. The second-order valence-electron chi connectivity index (χ2n) is 7.09. The number of nitrogens with zero attached hydrogens (tertiary/aromatic N) is 1. The van der Waals surface area contributed by atoms with Crippen LogP contribution >= 0.6 is 0 Å². The Hall–Kier alpha value is -3.46. The molecule has 3 N–H and O–H groups in total. The molecule has 0 saturated heterocycles. The summed E-state index contributed by atoms with van der Waals surface area (Å²) in [7, 11) is -4.07. The molecule has 11 heteroatoms. The van der Waals surface area contributed by atoms with Gasteiger partial charge in [0.05, 0.1) is 18.4 Å². The lowest BCUT2D eigenvalue weighted by Gasteiger charge is -2.13. The largest absolute Gasteiger partial charge is 0.491 e. The number of nitrogens with one attached hydrogen (secondary N) is 2. The van der Waals surface area contributed by atoms with Crippen molar-refractivity contribution in [3.63, 3.8) is 0 Å². The number of aliphatic hydroxyl groups is 1. The van der Waals surface area contributed by atoms with E-state index < -0.39 is 21.7 Å². The van der Waals surface area contributed by atoms with Crippen LogP contribution in [0.3, 0.4) is 0 Å². The highest BCUT2D eigenvalue weighted by Gasteiger charge is 2.18. The van der Waals surface area contributed by atoms with Crippen molar-refractivity contribution >= 4 is 26.9 Å². The maximum Gasteiger partial charge on any atom is 0.340 e. The molecule has 0 atom stereocenters. The molecule has 174 valence electrons. The summed E-state index contributed by atoms with van der Waals surface area (Å²) in [5.74, 6) is -0.393. The first-order valence-electron chi connectivity index (χ1n) is 9.97. The van der Waals surface area contributed by atoms with Crippen LogP contribution in [0.2, 0.25) is 0 Å². The molecule has 1 heterocycles. The van der Waals surface area contributed by atoms with E-state index in [1.165, 1.54) is 18.2 Å². The fourth-order valence-corrected chi connectivity index (χ4v) is 4.13. The molecule has 0 fully saturated rings. The third-order valence-corrected chi connectivity index (χ3v) is 5.91. The maximum absolute atomic E-state index is 15.0. The Labute approximate surface area is 189 Å². The number of aliphatic hydroxyl groups excluding tert-OH is 1. The predicted octanol–water partition coefficient (Wildman–Crippen LogP) is 2.36. The number of aryl methyl sites for hydroxylation is 1. The second-order valence-corrected chi connectivity index (χ2v) is 8.59. The molecule has 3 rings (SSSR count). The average Bonchev–Trinajstić information content (AvgIpc) is 2.77. The van der Waals surface area contributed by atoms with Crippen LogP contribution in [0.25, 0.3) is 11.0 Å². The van der Waals surface area contributed by atoms with Gasteiger partial charge in [0, 0.05) is 36.4 Å². The molecular weight excluding hydrogens is 453 g/mol. The molecule has 3 aromatic rings. The number of nitriles is 1. The first-order chi connectivity index (χ1) is 15.8. The van der Waals surface area contributed by atoms with Crippen LogP contribution in [0, 0.1) is 24.1 Å². The molecule has 33 heavy (non-hydrogen) atoms. The highest BCUT2D eigenvalue weighted by Crippen LogP contribution is 2.27. The summed E-state index contributed by atoms with van der Waals surface area (Å²) in [6, 6.07) is 10.9. The minimum absolute atomic E-state index is 0.0322. The standard InChI is InChI=1S/C22H22FN3O6S/c1-14-17-7-6-16(31-11-10-27)13-20(17)32-22(28)18(14)12-15-4-2-5-19(21(15)23)26-33(29,30)25-9-3-8-24/h2,4-7,13,25-27H,3,9-12H2,1H3. The van der Waals surface area contributed by atoms with Crippen LogP contribution in [-0.4, -0.2) is 33.3 Å². The number of ether oxygens (including phenoxy) is 1. The van der Waals surface area contributed by atoms with Gasteiger partial charge in [-0.3, -0.25) is 4.72 Å². The van der Waals surface area contributed by atoms with E-state index in [4.69, 9.17) is 19.5 Å². The number of rotatable bonds is 10. The van der Waals surface area contributed by atoms with Crippen molar-refractivity contribution in [1.82, 2.24) is 4.72 Å². The fourth-order valence-electron chi connectivity index (χ4n) is 3.24. The Morgan fingerprint density at radius 1 is 1.27 bits per heavy atom. The molecule has 9 nitrogen and oxygen atoms in total. The van der Waals surface area contributed by atoms with Gasteiger partial charge in [0.1, 0.15) is 17.9 Å². The molecule has 0 unspecified atom stereocenters. The summed E-state index contributed by atoms with van der Waals surface area (Å²) in [6.07, 6.45) is -0.147. The Morgan fingerprint density at radius 2 is 2.06 bits per heavy atom. The molecule has 0 saturated carbocycles. The smallest absolute Gasteiger partial charge is 0.340 e. The van der Waals surface area contributed by atoms with Crippen molar-refractivity contribution in [2.75, 3.05) is 24.5 Å².